The molecule has 1 saturated heterocycles. The van der Waals surface area contributed by atoms with Gasteiger partial charge in [-0.1, -0.05) is 32.4 Å². The van der Waals surface area contributed by atoms with Gasteiger partial charge in [0.2, 0.25) is 5.95 Å². The Labute approximate surface area is 212 Å². The summed E-state index contributed by atoms with van der Waals surface area (Å²) in [5.41, 5.74) is 2.47. The molecule has 4 fully saturated rings. The van der Waals surface area contributed by atoms with Crippen LogP contribution in [0.1, 0.15) is 72.1 Å². The lowest BCUT2D eigenvalue weighted by Gasteiger charge is -2.58. The smallest absolute Gasteiger partial charge is 0.225 e. The van der Waals surface area contributed by atoms with Crippen molar-refractivity contribution in [2.75, 3.05) is 37.6 Å². The highest BCUT2D eigenvalue weighted by Crippen LogP contribution is 2.67. The first-order valence-corrected chi connectivity index (χ1v) is 14.5. The minimum absolute atomic E-state index is 0.0986. The molecular weight excluding hydrogens is 432 g/mol. The van der Waals surface area contributed by atoms with Crippen molar-refractivity contribution in [3.05, 3.63) is 30.1 Å². The minimum atomic E-state index is -0.0986. The number of nitrogens with zero attached hydrogens (tertiary/aromatic N) is 4. The second-order valence-corrected chi connectivity index (χ2v) is 13.2. The van der Waals surface area contributed by atoms with Crippen LogP contribution in [0.5, 0.6) is 0 Å². The maximum Gasteiger partial charge on any atom is 0.225 e. The fraction of sp³-hybridized carbons (Fsp3) is 0.800. The Balaban J connectivity index is 1.10. The number of aliphatic hydroxyl groups excluding tert-OH is 1. The van der Waals surface area contributed by atoms with E-state index >= 15 is 0 Å². The van der Waals surface area contributed by atoms with E-state index in [1.807, 2.05) is 18.5 Å². The summed E-state index contributed by atoms with van der Waals surface area (Å²) in [4.78, 5) is 13.9. The van der Waals surface area contributed by atoms with Crippen molar-refractivity contribution >= 4 is 5.95 Å². The molecule has 8 atom stereocenters. The maximum absolute atomic E-state index is 10.3. The Morgan fingerprint density at radius 2 is 1.77 bits per heavy atom. The zero-order valence-corrected chi connectivity index (χ0v) is 22.2. The lowest BCUT2D eigenvalue weighted by Crippen LogP contribution is -2.52. The Bertz CT molecular complexity index is 928. The molecule has 1 aromatic rings. The molecule has 2 heterocycles. The van der Waals surface area contributed by atoms with Gasteiger partial charge >= 0.3 is 0 Å². The number of rotatable bonds is 4. The van der Waals surface area contributed by atoms with Gasteiger partial charge in [-0.25, -0.2) is 9.97 Å². The first-order valence-electron chi connectivity index (χ1n) is 14.5. The van der Waals surface area contributed by atoms with E-state index < -0.39 is 0 Å². The molecule has 1 unspecified atom stereocenters. The standard InChI is InChI=1S/C30H46N4O/c1-21(20-33-15-17-34(18-16-33)28-31-13-4-14-32-28)25-7-8-26-24-6-5-22-19-23(35)9-11-29(22,2)27(24)10-12-30(25,26)3/h4-5,13-14,21,23-27,35H,6-12,15-20H2,1-3H3/t21-,23?,24+,25-,26+,27+,29+,30-/m1/s1. The molecular formula is C30H46N4O. The summed E-state index contributed by atoms with van der Waals surface area (Å²) in [7, 11) is 0. The summed E-state index contributed by atoms with van der Waals surface area (Å²) >= 11 is 0. The quantitative estimate of drug-likeness (QED) is 0.605. The third-order valence-electron chi connectivity index (χ3n) is 11.6. The van der Waals surface area contributed by atoms with Gasteiger partial charge in [-0.3, -0.25) is 4.90 Å². The van der Waals surface area contributed by atoms with Crippen LogP contribution in [-0.4, -0.2) is 58.8 Å². The highest BCUT2D eigenvalue weighted by Gasteiger charge is 2.59. The Hall–Kier alpha value is -1.46. The van der Waals surface area contributed by atoms with Crippen LogP contribution in [0, 0.1) is 40.4 Å². The number of hydrogen-bond acceptors (Lipinski definition) is 5. The van der Waals surface area contributed by atoms with Crippen molar-refractivity contribution in [1.82, 2.24) is 14.9 Å². The van der Waals surface area contributed by atoms with Crippen LogP contribution < -0.4 is 4.90 Å². The minimum Gasteiger partial charge on any atom is -0.393 e. The van der Waals surface area contributed by atoms with E-state index in [9.17, 15) is 5.11 Å². The lowest BCUT2D eigenvalue weighted by molar-refractivity contribution is -0.0585. The topological polar surface area (TPSA) is 52.5 Å². The number of allylic oxidation sites excluding steroid dienone is 1. The van der Waals surface area contributed by atoms with Crippen LogP contribution in [0.2, 0.25) is 0 Å². The maximum atomic E-state index is 10.3. The fourth-order valence-corrected chi connectivity index (χ4v) is 9.74. The van der Waals surface area contributed by atoms with E-state index in [4.69, 9.17) is 0 Å². The van der Waals surface area contributed by atoms with Crippen LogP contribution >= 0.6 is 0 Å². The molecule has 3 saturated carbocycles. The third-order valence-corrected chi connectivity index (χ3v) is 11.6. The van der Waals surface area contributed by atoms with Gasteiger partial charge in [-0.15, -0.1) is 0 Å². The summed E-state index contributed by atoms with van der Waals surface area (Å²) in [6.07, 6.45) is 16.3. The van der Waals surface area contributed by atoms with Crippen molar-refractivity contribution in [2.45, 2.75) is 78.2 Å². The second kappa shape index (κ2) is 9.13. The third kappa shape index (κ3) is 4.05. The average molecular weight is 479 g/mol. The summed E-state index contributed by atoms with van der Waals surface area (Å²) < 4.78 is 0. The molecule has 5 aliphatic rings. The van der Waals surface area contributed by atoms with Gasteiger partial charge in [0.15, 0.2) is 0 Å². The molecule has 0 radical (unpaired) electrons. The van der Waals surface area contributed by atoms with Gasteiger partial charge in [0.05, 0.1) is 6.10 Å². The Morgan fingerprint density at radius 1 is 1.00 bits per heavy atom. The van der Waals surface area contributed by atoms with Crippen LogP contribution in [0.25, 0.3) is 0 Å². The highest BCUT2D eigenvalue weighted by molar-refractivity contribution is 5.29. The zero-order chi connectivity index (χ0) is 24.2. The van der Waals surface area contributed by atoms with E-state index in [-0.39, 0.29) is 6.10 Å². The summed E-state index contributed by atoms with van der Waals surface area (Å²) in [5, 5.41) is 10.3. The molecule has 4 aliphatic carbocycles. The molecule has 0 bridgehead atoms. The predicted octanol–water partition coefficient (Wildman–Crippen LogP) is 5.17. The van der Waals surface area contributed by atoms with Crippen molar-refractivity contribution in [3.8, 4) is 0 Å². The van der Waals surface area contributed by atoms with E-state index in [1.165, 1.54) is 45.1 Å². The number of aromatic nitrogens is 2. The zero-order valence-electron chi connectivity index (χ0n) is 22.2. The summed E-state index contributed by atoms with van der Waals surface area (Å²) in [6.45, 7) is 13.3. The number of piperazine rings is 1. The molecule has 1 aromatic heterocycles. The molecule has 0 aromatic carbocycles. The summed E-state index contributed by atoms with van der Waals surface area (Å²) in [6, 6.07) is 1.90. The molecule has 1 N–H and O–H groups in total. The van der Waals surface area contributed by atoms with Crippen molar-refractivity contribution < 1.29 is 5.11 Å². The molecule has 1 aliphatic heterocycles. The van der Waals surface area contributed by atoms with Crippen LogP contribution in [0.3, 0.4) is 0 Å². The van der Waals surface area contributed by atoms with E-state index in [1.54, 1.807) is 5.57 Å². The van der Waals surface area contributed by atoms with Gasteiger partial charge in [0.1, 0.15) is 0 Å². The van der Waals surface area contributed by atoms with Crippen molar-refractivity contribution in [1.29, 1.82) is 0 Å². The SMILES string of the molecule is C[C@H](CN1CCN(c2ncccn2)CC1)[C@H]1CC[C@H]2[C@@H]3CC=C4CC(O)CC[C@]4(C)[C@H]3CC[C@]12C. The first kappa shape index (κ1) is 23.9. The van der Waals surface area contributed by atoms with Crippen LogP contribution in [0.4, 0.5) is 5.95 Å². The van der Waals surface area contributed by atoms with Gasteiger partial charge < -0.3 is 10.0 Å². The van der Waals surface area contributed by atoms with Gasteiger partial charge in [0.25, 0.3) is 0 Å². The number of anilines is 1. The Kier molecular flexibility index (Phi) is 6.24. The first-order chi connectivity index (χ1) is 16.9. The van der Waals surface area contributed by atoms with Crippen LogP contribution in [0.15, 0.2) is 30.1 Å². The second-order valence-electron chi connectivity index (χ2n) is 13.2. The molecule has 6 rings (SSSR count). The van der Waals surface area contributed by atoms with Crippen molar-refractivity contribution in [2.24, 2.45) is 40.4 Å². The number of aliphatic hydroxyl groups is 1. The molecule has 192 valence electrons. The monoisotopic (exact) mass is 478 g/mol. The average Bonchev–Trinajstić information content (AvgIpc) is 3.23. The van der Waals surface area contributed by atoms with Crippen molar-refractivity contribution in [3.63, 3.8) is 0 Å². The van der Waals surface area contributed by atoms with E-state index in [0.29, 0.717) is 10.8 Å². The van der Waals surface area contributed by atoms with E-state index in [2.05, 4.69) is 46.6 Å². The highest BCUT2D eigenvalue weighted by atomic mass is 16.3. The largest absolute Gasteiger partial charge is 0.393 e. The lowest BCUT2D eigenvalue weighted by atomic mass is 9.47. The number of fused-ring (bicyclic) bond motifs is 5. The molecule has 0 spiro atoms. The molecule has 35 heavy (non-hydrogen) atoms. The van der Waals surface area contributed by atoms with Gasteiger partial charge in [0, 0.05) is 45.1 Å². The normalized spacial score (nSPS) is 42.6. The molecule has 5 nitrogen and oxygen atoms in total. The Morgan fingerprint density at radius 3 is 2.54 bits per heavy atom. The van der Waals surface area contributed by atoms with E-state index in [0.717, 1.165) is 74.6 Å². The molecule has 5 heteroatoms. The fourth-order valence-electron chi connectivity index (χ4n) is 9.74. The van der Waals surface area contributed by atoms with Crippen LogP contribution in [-0.2, 0) is 0 Å². The van der Waals surface area contributed by atoms with Gasteiger partial charge in [-0.05, 0) is 97.9 Å². The predicted molar refractivity (Wildman–Crippen MR) is 141 cm³/mol. The molecule has 0 amide bonds. The van der Waals surface area contributed by atoms with Gasteiger partial charge in [-0.2, -0.15) is 0 Å². The summed E-state index contributed by atoms with van der Waals surface area (Å²) in [5.74, 6) is 5.10. The number of hydrogen-bond donors (Lipinski definition) is 1.